The van der Waals surface area contributed by atoms with Crippen LogP contribution in [0.15, 0.2) is 63.7 Å². The highest BCUT2D eigenvalue weighted by atomic mass is 35.5. The topological polar surface area (TPSA) is 93.8 Å². The zero-order chi connectivity index (χ0) is 17.7. The van der Waals surface area contributed by atoms with Crippen molar-refractivity contribution < 1.29 is 0 Å². The molecule has 2 heterocycles. The van der Waals surface area contributed by atoms with Crippen LogP contribution < -0.4 is 16.9 Å². The highest BCUT2D eigenvalue weighted by Gasteiger charge is 2.34. The van der Waals surface area contributed by atoms with Crippen molar-refractivity contribution in [1.29, 1.82) is 5.26 Å². The van der Waals surface area contributed by atoms with Crippen molar-refractivity contribution >= 4 is 28.2 Å². The molecule has 0 aliphatic carbocycles. The number of nitrogens with zero attached hydrogens (tertiary/aromatic N) is 3. The Morgan fingerprint density at radius 1 is 1.00 bits per heavy atom. The smallest absolute Gasteiger partial charge is 0.279 e. The lowest BCUT2D eigenvalue weighted by Gasteiger charge is -2.16. The summed E-state index contributed by atoms with van der Waals surface area (Å²) in [6.45, 7) is 0. The van der Waals surface area contributed by atoms with Gasteiger partial charge in [-0.25, -0.2) is 4.68 Å². The Morgan fingerprint density at radius 3 is 2.20 bits per heavy atom. The summed E-state index contributed by atoms with van der Waals surface area (Å²) in [6.07, 6.45) is 0. The van der Waals surface area contributed by atoms with Crippen LogP contribution >= 0.6 is 11.6 Å². The third-order valence-corrected chi connectivity index (χ3v) is 4.58. The maximum absolute atomic E-state index is 13.0. The van der Waals surface area contributed by atoms with Gasteiger partial charge in [0, 0.05) is 5.02 Å². The molecular weight excluding hydrogens is 340 g/mol. The molecule has 1 aromatic heterocycles. The Kier molecular flexibility index (Phi) is 3.27. The van der Waals surface area contributed by atoms with Crippen molar-refractivity contribution in [3.63, 3.8) is 0 Å². The number of nitrogens with two attached hydrogens (primary N) is 1. The van der Waals surface area contributed by atoms with Gasteiger partial charge in [0.1, 0.15) is 23.5 Å². The fraction of sp³-hybridized carbons (Fsp3) is 0.0556. The van der Waals surface area contributed by atoms with Crippen LogP contribution in [0.25, 0.3) is 16.6 Å². The van der Waals surface area contributed by atoms with Gasteiger partial charge in [-0.3, -0.25) is 9.59 Å². The number of aromatic nitrogens is 2. The fourth-order valence-electron chi connectivity index (χ4n) is 3.19. The van der Waals surface area contributed by atoms with Crippen LogP contribution in [0.5, 0.6) is 0 Å². The Morgan fingerprint density at radius 2 is 1.60 bits per heavy atom. The zero-order valence-electron chi connectivity index (χ0n) is 12.8. The predicted octanol–water partition coefficient (Wildman–Crippen LogP) is 2.07. The molecule has 2 aromatic carbocycles. The van der Waals surface area contributed by atoms with E-state index in [9.17, 15) is 14.9 Å². The molecule has 0 saturated heterocycles. The average Bonchev–Trinajstić information content (AvgIpc) is 2.93. The number of nitriles is 1. The first-order valence-corrected chi connectivity index (χ1v) is 7.84. The number of halogens is 1. The molecule has 1 atom stereocenters. The van der Waals surface area contributed by atoms with E-state index in [2.05, 4.69) is 0 Å². The molecular formula is C18H11ClN4O2. The zero-order valence-corrected chi connectivity index (χ0v) is 13.6. The van der Waals surface area contributed by atoms with E-state index in [1.165, 1.54) is 4.68 Å². The number of allylic oxidation sites excluding steroid dienone is 1. The van der Waals surface area contributed by atoms with Crippen LogP contribution in [0.3, 0.4) is 0 Å². The molecule has 1 unspecified atom stereocenters. The van der Waals surface area contributed by atoms with E-state index < -0.39 is 11.6 Å². The number of rotatable bonds is 1. The molecule has 6 nitrogen and oxygen atoms in total. The lowest BCUT2D eigenvalue weighted by molar-refractivity contribution is 0.539. The molecule has 0 radical (unpaired) electrons. The summed E-state index contributed by atoms with van der Waals surface area (Å²) in [5.74, 6) is -0.0321. The summed E-state index contributed by atoms with van der Waals surface area (Å²) in [4.78, 5) is 25.8. The maximum Gasteiger partial charge on any atom is 0.279 e. The minimum Gasteiger partial charge on any atom is -0.383 e. The van der Waals surface area contributed by atoms with Gasteiger partial charge in [-0.05, 0) is 29.8 Å². The second-order valence-electron chi connectivity index (χ2n) is 5.68. The second kappa shape index (κ2) is 5.36. The predicted molar refractivity (Wildman–Crippen MR) is 95.1 cm³/mol. The van der Waals surface area contributed by atoms with Gasteiger partial charge < -0.3 is 5.73 Å². The number of hydrogen-bond donors (Lipinski definition) is 1. The summed E-state index contributed by atoms with van der Waals surface area (Å²) in [6, 6.07) is 14.5. The third kappa shape index (κ3) is 2.03. The van der Waals surface area contributed by atoms with Gasteiger partial charge in [0.05, 0.1) is 10.8 Å². The third-order valence-electron chi connectivity index (χ3n) is 4.33. The van der Waals surface area contributed by atoms with Gasteiger partial charge in [-0.15, -0.1) is 0 Å². The first-order valence-electron chi connectivity index (χ1n) is 7.46. The van der Waals surface area contributed by atoms with Crippen LogP contribution in [-0.2, 0) is 0 Å². The first-order chi connectivity index (χ1) is 12.0. The maximum atomic E-state index is 13.0. The highest BCUT2D eigenvalue weighted by Crippen LogP contribution is 2.32. The second-order valence-corrected chi connectivity index (χ2v) is 6.11. The van der Waals surface area contributed by atoms with Crippen LogP contribution in [-0.4, -0.2) is 9.36 Å². The van der Waals surface area contributed by atoms with E-state index in [0.29, 0.717) is 10.6 Å². The molecule has 0 bridgehead atoms. The summed E-state index contributed by atoms with van der Waals surface area (Å²) < 4.78 is 2.32. The molecule has 0 spiro atoms. The number of benzene rings is 2. The van der Waals surface area contributed by atoms with Gasteiger partial charge in [-0.1, -0.05) is 35.9 Å². The Hall–Kier alpha value is -3.30. The van der Waals surface area contributed by atoms with Crippen molar-refractivity contribution in [3.05, 3.63) is 85.4 Å². The minimum atomic E-state index is -0.771. The van der Waals surface area contributed by atoms with E-state index in [-0.39, 0.29) is 27.7 Å². The SMILES string of the molecule is N#CC1=C(N)n2c(=O)c3ccccc3c(=O)n2C1c1ccc(Cl)cc1. The standard InChI is InChI=1S/C18H11ClN4O2/c19-11-7-5-10(6-8-11)15-14(9-20)16(21)23-18(25)13-4-2-1-3-12(13)17(24)22(15)23/h1-8,15H,21H2. The Labute approximate surface area is 146 Å². The molecule has 1 aliphatic heterocycles. The molecule has 2 N–H and O–H groups in total. The molecule has 0 saturated carbocycles. The van der Waals surface area contributed by atoms with E-state index in [4.69, 9.17) is 17.3 Å². The minimum absolute atomic E-state index is 0.0321. The molecule has 1 aliphatic rings. The Balaban J connectivity index is 2.15. The van der Waals surface area contributed by atoms with Gasteiger partial charge in [0.25, 0.3) is 11.1 Å². The summed E-state index contributed by atoms with van der Waals surface area (Å²) in [5, 5.41) is 10.6. The van der Waals surface area contributed by atoms with Crippen molar-refractivity contribution in [2.45, 2.75) is 6.04 Å². The van der Waals surface area contributed by atoms with E-state index in [1.54, 1.807) is 48.5 Å². The van der Waals surface area contributed by atoms with E-state index in [0.717, 1.165) is 4.68 Å². The molecule has 25 heavy (non-hydrogen) atoms. The number of hydrogen-bond acceptors (Lipinski definition) is 4. The number of fused-ring (bicyclic) bond motifs is 2. The van der Waals surface area contributed by atoms with Crippen LogP contribution in [0.2, 0.25) is 5.02 Å². The quantitative estimate of drug-likeness (QED) is 0.727. The fourth-order valence-corrected chi connectivity index (χ4v) is 3.31. The van der Waals surface area contributed by atoms with E-state index >= 15 is 0 Å². The normalized spacial score (nSPS) is 16.1. The molecule has 0 fully saturated rings. The molecule has 4 rings (SSSR count). The van der Waals surface area contributed by atoms with Gasteiger partial charge >= 0.3 is 0 Å². The monoisotopic (exact) mass is 350 g/mol. The summed E-state index contributed by atoms with van der Waals surface area (Å²) in [5.41, 5.74) is 6.03. The van der Waals surface area contributed by atoms with Crippen LogP contribution in [0, 0.1) is 11.3 Å². The summed E-state index contributed by atoms with van der Waals surface area (Å²) >= 11 is 5.93. The van der Waals surface area contributed by atoms with Gasteiger partial charge in [0.2, 0.25) is 0 Å². The lowest BCUT2D eigenvalue weighted by Crippen LogP contribution is -2.38. The molecule has 0 amide bonds. The van der Waals surface area contributed by atoms with Gasteiger partial charge in [-0.2, -0.15) is 9.94 Å². The Bertz CT molecular complexity index is 1210. The van der Waals surface area contributed by atoms with Gasteiger partial charge in [0.15, 0.2) is 0 Å². The van der Waals surface area contributed by atoms with E-state index in [1.807, 2.05) is 6.07 Å². The highest BCUT2D eigenvalue weighted by molar-refractivity contribution is 6.30. The molecule has 7 heteroatoms. The average molecular weight is 351 g/mol. The van der Waals surface area contributed by atoms with Crippen LogP contribution in [0.4, 0.5) is 0 Å². The summed E-state index contributed by atoms with van der Waals surface area (Å²) in [7, 11) is 0. The first kappa shape index (κ1) is 15.2. The van der Waals surface area contributed by atoms with Crippen LogP contribution in [0.1, 0.15) is 11.6 Å². The molecule has 3 aromatic rings. The largest absolute Gasteiger partial charge is 0.383 e. The lowest BCUT2D eigenvalue weighted by atomic mass is 10.0. The van der Waals surface area contributed by atoms with Crippen molar-refractivity contribution in [2.75, 3.05) is 0 Å². The van der Waals surface area contributed by atoms with Crippen molar-refractivity contribution in [3.8, 4) is 6.07 Å². The van der Waals surface area contributed by atoms with Crippen molar-refractivity contribution in [2.24, 2.45) is 5.73 Å². The van der Waals surface area contributed by atoms with Crippen molar-refractivity contribution in [1.82, 2.24) is 9.36 Å². The molecule has 122 valence electrons.